The second kappa shape index (κ2) is 6.13. The van der Waals surface area contributed by atoms with E-state index >= 15 is 0 Å². The highest BCUT2D eigenvalue weighted by atomic mass is 32.1. The maximum atomic E-state index is 12.3. The Morgan fingerprint density at radius 3 is 3.05 bits per heavy atom. The highest BCUT2D eigenvalue weighted by molar-refractivity contribution is 7.15. The van der Waals surface area contributed by atoms with Crippen molar-refractivity contribution in [3.05, 3.63) is 23.6 Å². The molecule has 1 saturated heterocycles. The monoisotopic (exact) mass is 304 g/mol. The zero-order chi connectivity index (χ0) is 14.7. The van der Waals surface area contributed by atoms with Crippen LogP contribution in [-0.4, -0.2) is 39.2 Å². The van der Waals surface area contributed by atoms with Crippen LogP contribution in [0.4, 0.5) is 10.9 Å². The van der Waals surface area contributed by atoms with Crippen LogP contribution in [0, 0.1) is 12.8 Å². The minimum absolute atomic E-state index is 0.000240. The third kappa shape index (κ3) is 3.33. The van der Waals surface area contributed by atoms with E-state index in [4.69, 9.17) is 0 Å². The van der Waals surface area contributed by atoms with Gasteiger partial charge in [0.25, 0.3) is 0 Å². The average Bonchev–Trinajstić information content (AvgIpc) is 2.93. The zero-order valence-electron chi connectivity index (χ0n) is 11.7. The predicted molar refractivity (Wildman–Crippen MR) is 80.2 cm³/mol. The van der Waals surface area contributed by atoms with Crippen LogP contribution in [0.5, 0.6) is 0 Å². The Morgan fingerprint density at radius 1 is 1.43 bits per heavy atom. The normalized spacial score (nSPS) is 18.5. The number of carbonyl (C=O) groups is 1. The molecule has 2 aromatic rings. The molecule has 1 amide bonds. The van der Waals surface area contributed by atoms with Crippen LogP contribution < -0.4 is 10.2 Å². The standard InChI is InChI=1S/C13H16N6OS/c1-9-17-18-13(21-9)16-12(20)10-3-2-6-19(8-10)11-7-14-4-5-15-11/h4-5,7,10H,2-3,6,8H2,1H3,(H,16,18,20)/t10-/m0/s1. The summed E-state index contributed by atoms with van der Waals surface area (Å²) in [6.07, 6.45) is 6.89. The number of aromatic nitrogens is 4. The third-order valence-electron chi connectivity index (χ3n) is 3.42. The Kier molecular flexibility index (Phi) is 4.05. The van der Waals surface area contributed by atoms with Crippen molar-refractivity contribution in [3.63, 3.8) is 0 Å². The summed E-state index contributed by atoms with van der Waals surface area (Å²) in [5, 5.41) is 12.1. The summed E-state index contributed by atoms with van der Waals surface area (Å²) in [6.45, 7) is 3.42. The minimum atomic E-state index is -0.0648. The molecule has 0 spiro atoms. The van der Waals surface area contributed by atoms with Crippen LogP contribution >= 0.6 is 11.3 Å². The molecule has 0 radical (unpaired) electrons. The Hall–Kier alpha value is -2.09. The summed E-state index contributed by atoms with van der Waals surface area (Å²) in [4.78, 5) is 22.8. The first-order chi connectivity index (χ1) is 10.2. The zero-order valence-corrected chi connectivity index (χ0v) is 12.5. The number of nitrogens with zero attached hydrogens (tertiary/aromatic N) is 5. The number of amides is 1. The van der Waals surface area contributed by atoms with Crippen LogP contribution in [0.25, 0.3) is 0 Å². The Morgan fingerprint density at radius 2 is 2.33 bits per heavy atom. The van der Waals surface area contributed by atoms with Gasteiger partial charge >= 0.3 is 0 Å². The number of hydrogen-bond acceptors (Lipinski definition) is 7. The molecule has 0 aliphatic carbocycles. The number of aryl methyl sites for hydroxylation is 1. The molecule has 0 bridgehead atoms. The number of hydrogen-bond donors (Lipinski definition) is 1. The number of nitrogens with one attached hydrogen (secondary N) is 1. The SMILES string of the molecule is Cc1nnc(NC(=O)[C@H]2CCCN(c3cnccn3)C2)s1. The molecule has 8 heteroatoms. The van der Waals surface area contributed by atoms with Gasteiger partial charge in [-0.25, -0.2) is 4.98 Å². The fourth-order valence-electron chi connectivity index (χ4n) is 2.41. The number of anilines is 2. The molecule has 7 nitrogen and oxygen atoms in total. The summed E-state index contributed by atoms with van der Waals surface area (Å²) in [5.74, 6) is 0.756. The highest BCUT2D eigenvalue weighted by Gasteiger charge is 2.27. The van der Waals surface area contributed by atoms with Crippen LogP contribution in [0.15, 0.2) is 18.6 Å². The number of carbonyl (C=O) groups excluding carboxylic acids is 1. The molecule has 1 aliphatic heterocycles. The number of piperidine rings is 1. The van der Waals surface area contributed by atoms with Crippen molar-refractivity contribution in [3.8, 4) is 0 Å². The van der Waals surface area contributed by atoms with Crippen molar-refractivity contribution in [2.45, 2.75) is 19.8 Å². The van der Waals surface area contributed by atoms with E-state index in [0.29, 0.717) is 11.7 Å². The molecule has 1 aliphatic rings. The second-order valence-electron chi connectivity index (χ2n) is 4.96. The van der Waals surface area contributed by atoms with E-state index in [1.54, 1.807) is 18.6 Å². The fourth-order valence-corrected chi connectivity index (χ4v) is 3.00. The van der Waals surface area contributed by atoms with Crippen molar-refractivity contribution in [1.29, 1.82) is 0 Å². The molecule has 0 saturated carbocycles. The predicted octanol–water partition coefficient (Wildman–Crippen LogP) is 1.49. The Labute approximate surface area is 126 Å². The van der Waals surface area contributed by atoms with Gasteiger partial charge in [0.2, 0.25) is 11.0 Å². The van der Waals surface area contributed by atoms with Crippen molar-refractivity contribution in [2.24, 2.45) is 5.92 Å². The van der Waals surface area contributed by atoms with Crippen LogP contribution in [0.1, 0.15) is 17.8 Å². The largest absolute Gasteiger partial charge is 0.355 e. The van der Waals surface area contributed by atoms with E-state index in [-0.39, 0.29) is 11.8 Å². The lowest BCUT2D eigenvalue weighted by Crippen LogP contribution is -2.41. The van der Waals surface area contributed by atoms with Gasteiger partial charge in [-0.05, 0) is 19.8 Å². The molecule has 1 N–H and O–H groups in total. The third-order valence-corrected chi connectivity index (χ3v) is 4.18. The van der Waals surface area contributed by atoms with Gasteiger partial charge in [0.15, 0.2) is 0 Å². The first-order valence-electron chi connectivity index (χ1n) is 6.84. The van der Waals surface area contributed by atoms with Crippen LogP contribution in [0.2, 0.25) is 0 Å². The lowest BCUT2D eigenvalue weighted by Gasteiger charge is -2.32. The first-order valence-corrected chi connectivity index (χ1v) is 7.66. The topological polar surface area (TPSA) is 83.9 Å². The van der Waals surface area contributed by atoms with Crippen molar-refractivity contribution < 1.29 is 4.79 Å². The summed E-state index contributed by atoms with van der Waals surface area (Å²) < 4.78 is 0. The van der Waals surface area contributed by atoms with Crippen LogP contribution in [0.3, 0.4) is 0 Å². The highest BCUT2D eigenvalue weighted by Crippen LogP contribution is 2.23. The quantitative estimate of drug-likeness (QED) is 0.925. The van der Waals surface area contributed by atoms with Gasteiger partial charge in [0, 0.05) is 25.5 Å². The molecule has 0 aromatic carbocycles. The summed E-state index contributed by atoms with van der Waals surface area (Å²) >= 11 is 1.39. The molecule has 110 valence electrons. The van der Waals surface area contributed by atoms with Gasteiger partial charge in [0.05, 0.1) is 12.1 Å². The minimum Gasteiger partial charge on any atom is -0.355 e. The lowest BCUT2D eigenvalue weighted by atomic mass is 9.97. The molecule has 1 fully saturated rings. The molecular formula is C13H16N6OS. The lowest BCUT2D eigenvalue weighted by molar-refractivity contribution is -0.120. The molecule has 0 unspecified atom stereocenters. The maximum Gasteiger partial charge on any atom is 0.231 e. The van der Waals surface area contributed by atoms with E-state index in [2.05, 4.69) is 30.4 Å². The van der Waals surface area contributed by atoms with Crippen molar-refractivity contribution >= 4 is 28.2 Å². The van der Waals surface area contributed by atoms with Gasteiger partial charge in [-0.15, -0.1) is 10.2 Å². The van der Waals surface area contributed by atoms with Gasteiger partial charge < -0.3 is 10.2 Å². The van der Waals surface area contributed by atoms with Gasteiger partial charge in [-0.3, -0.25) is 9.78 Å². The van der Waals surface area contributed by atoms with E-state index in [1.807, 2.05) is 6.92 Å². The number of rotatable bonds is 3. The van der Waals surface area contributed by atoms with Gasteiger partial charge in [-0.2, -0.15) is 0 Å². The Balaban J connectivity index is 1.64. The van der Waals surface area contributed by atoms with E-state index in [0.717, 1.165) is 30.2 Å². The van der Waals surface area contributed by atoms with E-state index < -0.39 is 0 Å². The van der Waals surface area contributed by atoms with E-state index in [1.165, 1.54) is 11.3 Å². The van der Waals surface area contributed by atoms with Crippen molar-refractivity contribution in [2.75, 3.05) is 23.3 Å². The fraction of sp³-hybridized carbons (Fsp3) is 0.462. The molecule has 3 rings (SSSR count). The van der Waals surface area contributed by atoms with Crippen molar-refractivity contribution in [1.82, 2.24) is 20.2 Å². The maximum absolute atomic E-state index is 12.3. The van der Waals surface area contributed by atoms with E-state index in [9.17, 15) is 4.79 Å². The first kappa shape index (κ1) is 13.9. The molecular weight excluding hydrogens is 288 g/mol. The summed E-state index contributed by atoms with van der Waals surface area (Å²) in [7, 11) is 0. The Bertz CT molecular complexity index is 616. The second-order valence-corrected chi connectivity index (χ2v) is 6.15. The average molecular weight is 304 g/mol. The van der Waals surface area contributed by atoms with Gasteiger partial charge in [-0.1, -0.05) is 11.3 Å². The smallest absolute Gasteiger partial charge is 0.231 e. The molecule has 3 heterocycles. The summed E-state index contributed by atoms with van der Waals surface area (Å²) in [5.41, 5.74) is 0. The molecule has 2 aromatic heterocycles. The van der Waals surface area contributed by atoms with Crippen LogP contribution in [-0.2, 0) is 4.79 Å². The molecule has 21 heavy (non-hydrogen) atoms. The molecule has 1 atom stereocenters. The van der Waals surface area contributed by atoms with Gasteiger partial charge in [0.1, 0.15) is 10.8 Å². The summed E-state index contributed by atoms with van der Waals surface area (Å²) in [6, 6.07) is 0.